The van der Waals surface area contributed by atoms with Crippen LogP contribution in [0.5, 0.6) is 0 Å². The first-order chi connectivity index (χ1) is 14.3. The average Bonchev–Trinajstić information content (AvgIpc) is 2.73. The molecule has 0 aliphatic rings. The van der Waals surface area contributed by atoms with E-state index in [0.717, 1.165) is 23.3 Å². The van der Waals surface area contributed by atoms with E-state index in [2.05, 4.69) is 19.9 Å². The lowest BCUT2D eigenvalue weighted by Gasteiger charge is -2.10. The molecule has 0 unspecified atom stereocenters. The standard InChI is InChI=1S/C22H16F3N5/c1-13-10-19(14-2-5-17(6-3-14)22(23,24)25)30-21(29-13)15-8-9-27-18(11-15)16-4-7-20(26)28-12-16/h2-12H,1H3,(H2,26,28). The van der Waals surface area contributed by atoms with Crippen LogP contribution in [0.3, 0.4) is 0 Å². The number of hydrogen-bond acceptors (Lipinski definition) is 5. The molecule has 3 aromatic heterocycles. The van der Waals surface area contributed by atoms with Gasteiger partial charge >= 0.3 is 6.18 Å². The summed E-state index contributed by atoms with van der Waals surface area (Å²) in [7, 11) is 0. The van der Waals surface area contributed by atoms with E-state index < -0.39 is 11.7 Å². The first kappa shape index (κ1) is 19.5. The molecule has 5 nitrogen and oxygen atoms in total. The van der Waals surface area contributed by atoms with E-state index in [9.17, 15) is 13.2 Å². The van der Waals surface area contributed by atoms with Crippen LogP contribution in [-0.4, -0.2) is 19.9 Å². The van der Waals surface area contributed by atoms with Crippen molar-refractivity contribution in [1.82, 2.24) is 19.9 Å². The Kier molecular flexibility index (Phi) is 4.91. The van der Waals surface area contributed by atoms with Gasteiger partial charge in [-0.15, -0.1) is 0 Å². The molecule has 4 rings (SSSR count). The number of rotatable bonds is 3. The molecule has 3 heterocycles. The third-order valence-electron chi connectivity index (χ3n) is 4.46. The normalized spacial score (nSPS) is 11.5. The van der Waals surface area contributed by atoms with Crippen molar-refractivity contribution < 1.29 is 13.2 Å². The van der Waals surface area contributed by atoms with Gasteiger partial charge in [0.1, 0.15) is 5.82 Å². The highest BCUT2D eigenvalue weighted by Crippen LogP contribution is 2.31. The molecule has 0 amide bonds. The molecule has 2 N–H and O–H groups in total. The summed E-state index contributed by atoms with van der Waals surface area (Å²) in [6.07, 6.45) is -1.10. The van der Waals surface area contributed by atoms with Crippen LogP contribution >= 0.6 is 0 Å². The van der Waals surface area contributed by atoms with Gasteiger partial charge < -0.3 is 5.73 Å². The molecular weight excluding hydrogens is 391 g/mol. The van der Waals surface area contributed by atoms with E-state index in [1.165, 1.54) is 12.1 Å². The van der Waals surface area contributed by atoms with Crippen LogP contribution in [0.15, 0.2) is 67.0 Å². The highest BCUT2D eigenvalue weighted by atomic mass is 19.4. The summed E-state index contributed by atoms with van der Waals surface area (Å²) < 4.78 is 38.5. The average molecular weight is 407 g/mol. The maximum Gasteiger partial charge on any atom is 0.416 e. The lowest BCUT2D eigenvalue weighted by Crippen LogP contribution is -2.04. The van der Waals surface area contributed by atoms with Crippen molar-refractivity contribution in [2.24, 2.45) is 0 Å². The summed E-state index contributed by atoms with van der Waals surface area (Å²) in [6.45, 7) is 1.81. The SMILES string of the molecule is Cc1cc(-c2ccc(C(F)(F)F)cc2)nc(-c2ccnc(-c3ccc(N)nc3)c2)n1. The molecule has 4 aromatic rings. The second kappa shape index (κ2) is 7.55. The van der Waals surface area contributed by atoms with Crippen LogP contribution in [0.25, 0.3) is 33.9 Å². The van der Waals surface area contributed by atoms with E-state index in [-0.39, 0.29) is 0 Å². The van der Waals surface area contributed by atoms with Gasteiger partial charge in [0.2, 0.25) is 0 Å². The molecule has 30 heavy (non-hydrogen) atoms. The van der Waals surface area contributed by atoms with Gasteiger partial charge in [-0.05, 0) is 49.4 Å². The fourth-order valence-corrected chi connectivity index (χ4v) is 2.96. The van der Waals surface area contributed by atoms with Gasteiger partial charge in [-0.3, -0.25) is 4.98 Å². The van der Waals surface area contributed by atoms with E-state index in [1.54, 1.807) is 30.6 Å². The monoisotopic (exact) mass is 407 g/mol. The maximum atomic E-state index is 12.8. The third kappa shape index (κ3) is 4.12. The second-order valence-electron chi connectivity index (χ2n) is 6.69. The zero-order chi connectivity index (χ0) is 21.3. The Hall–Kier alpha value is -3.81. The van der Waals surface area contributed by atoms with Gasteiger partial charge in [-0.25, -0.2) is 15.0 Å². The minimum absolute atomic E-state index is 0.415. The lowest BCUT2D eigenvalue weighted by atomic mass is 10.1. The quantitative estimate of drug-likeness (QED) is 0.507. The Morgan fingerprint density at radius 2 is 1.50 bits per heavy atom. The van der Waals surface area contributed by atoms with Gasteiger partial charge in [0, 0.05) is 34.8 Å². The first-order valence-corrected chi connectivity index (χ1v) is 9.01. The molecule has 0 spiro atoms. The number of alkyl halides is 3. The van der Waals surface area contributed by atoms with E-state index >= 15 is 0 Å². The zero-order valence-corrected chi connectivity index (χ0v) is 15.9. The predicted octanol–water partition coefficient (Wildman–Crippen LogP) is 5.18. The number of anilines is 1. The predicted molar refractivity (Wildman–Crippen MR) is 108 cm³/mol. The highest BCUT2D eigenvalue weighted by Gasteiger charge is 2.30. The Balaban J connectivity index is 1.72. The van der Waals surface area contributed by atoms with Crippen LogP contribution in [0.1, 0.15) is 11.3 Å². The molecule has 150 valence electrons. The van der Waals surface area contributed by atoms with Crippen molar-refractivity contribution in [2.45, 2.75) is 13.1 Å². The Morgan fingerprint density at radius 3 is 2.17 bits per heavy atom. The molecule has 8 heteroatoms. The van der Waals surface area contributed by atoms with Gasteiger partial charge in [0.25, 0.3) is 0 Å². The third-order valence-corrected chi connectivity index (χ3v) is 4.46. The largest absolute Gasteiger partial charge is 0.416 e. The van der Waals surface area contributed by atoms with Crippen LogP contribution in [0, 0.1) is 6.92 Å². The Labute approximate surface area is 170 Å². The van der Waals surface area contributed by atoms with E-state index in [4.69, 9.17) is 5.73 Å². The number of benzene rings is 1. The smallest absolute Gasteiger partial charge is 0.384 e. The number of aromatic nitrogens is 4. The molecular formula is C22H16F3N5. The van der Waals surface area contributed by atoms with Crippen LogP contribution in [0.4, 0.5) is 19.0 Å². The molecule has 0 aliphatic heterocycles. The zero-order valence-electron chi connectivity index (χ0n) is 15.9. The van der Waals surface area contributed by atoms with Crippen molar-refractivity contribution in [3.8, 4) is 33.9 Å². The van der Waals surface area contributed by atoms with Crippen molar-refractivity contribution in [3.63, 3.8) is 0 Å². The molecule has 0 bridgehead atoms. The maximum absolute atomic E-state index is 12.8. The molecule has 0 saturated heterocycles. The molecule has 0 fully saturated rings. The number of aryl methyl sites for hydroxylation is 1. The van der Waals surface area contributed by atoms with Gasteiger partial charge in [-0.2, -0.15) is 13.2 Å². The van der Waals surface area contributed by atoms with Crippen LogP contribution < -0.4 is 5.73 Å². The van der Waals surface area contributed by atoms with Gasteiger partial charge in [0.15, 0.2) is 5.82 Å². The van der Waals surface area contributed by atoms with E-state index in [0.29, 0.717) is 34.3 Å². The molecule has 1 aromatic carbocycles. The number of halogens is 3. The van der Waals surface area contributed by atoms with Crippen molar-refractivity contribution in [1.29, 1.82) is 0 Å². The van der Waals surface area contributed by atoms with Gasteiger partial charge in [-0.1, -0.05) is 12.1 Å². The Morgan fingerprint density at radius 1 is 0.767 bits per heavy atom. The minimum atomic E-state index is -4.38. The fourth-order valence-electron chi connectivity index (χ4n) is 2.96. The van der Waals surface area contributed by atoms with Crippen molar-refractivity contribution in [2.75, 3.05) is 5.73 Å². The second-order valence-corrected chi connectivity index (χ2v) is 6.69. The first-order valence-electron chi connectivity index (χ1n) is 9.01. The van der Waals surface area contributed by atoms with Crippen molar-refractivity contribution in [3.05, 3.63) is 78.2 Å². The summed E-state index contributed by atoms with van der Waals surface area (Å²) in [5, 5.41) is 0. The number of nitrogen functional groups attached to an aromatic ring is 1. The molecule has 0 aliphatic carbocycles. The van der Waals surface area contributed by atoms with Crippen molar-refractivity contribution >= 4 is 5.82 Å². The summed E-state index contributed by atoms with van der Waals surface area (Å²) in [5.74, 6) is 0.870. The molecule has 0 radical (unpaired) electrons. The number of nitrogens with two attached hydrogens (primary N) is 1. The summed E-state index contributed by atoms with van der Waals surface area (Å²) in [6, 6.07) is 13.8. The number of pyridine rings is 2. The minimum Gasteiger partial charge on any atom is -0.384 e. The summed E-state index contributed by atoms with van der Waals surface area (Å²) in [5.41, 5.74) is 8.95. The fraction of sp³-hybridized carbons (Fsp3) is 0.0909. The summed E-state index contributed by atoms with van der Waals surface area (Å²) in [4.78, 5) is 17.5. The van der Waals surface area contributed by atoms with Crippen LogP contribution in [-0.2, 0) is 6.18 Å². The number of hydrogen-bond donors (Lipinski definition) is 1. The van der Waals surface area contributed by atoms with Gasteiger partial charge in [0.05, 0.1) is 17.0 Å². The number of nitrogens with zero attached hydrogens (tertiary/aromatic N) is 4. The molecule has 0 atom stereocenters. The highest BCUT2D eigenvalue weighted by molar-refractivity contribution is 5.69. The van der Waals surface area contributed by atoms with E-state index in [1.807, 2.05) is 19.1 Å². The topological polar surface area (TPSA) is 77.6 Å². The Bertz CT molecular complexity index is 1190. The van der Waals surface area contributed by atoms with Crippen LogP contribution in [0.2, 0.25) is 0 Å². The molecule has 0 saturated carbocycles. The lowest BCUT2D eigenvalue weighted by molar-refractivity contribution is -0.137. The summed E-state index contributed by atoms with van der Waals surface area (Å²) >= 11 is 0.